The van der Waals surface area contributed by atoms with Crippen molar-refractivity contribution in [1.82, 2.24) is 9.21 Å². The van der Waals surface area contributed by atoms with E-state index in [1.165, 1.54) is 30.6 Å². The molecule has 12 heteroatoms. The average molecular weight is 688 g/mol. The van der Waals surface area contributed by atoms with Gasteiger partial charge in [0.2, 0.25) is 15.9 Å². The maximum absolute atomic E-state index is 14.4. The van der Waals surface area contributed by atoms with Crippen LogP contribution in [0.15, 0.2) is 47.4 Å². The number of rotatable bonds is 9. The molecule has 266 valence electrons. The minimum absolute atomic E-state index is 0.0415. The number of aliphatic hydroxyl groups is 1. The highest BCUT2D eigenvalue weighted by Crippen LogP contribution is 2.30. The van der Waals surface area contributed by atoms with Crippen LogP contribution in [-0.2, 0) is 19.6 Å². The molecule has 2 aromatic carbocycles. The number of carbonyl (C=O) groups excluding carboxylic acids is 2. The SMILES string of the molecule is COc1ccc(S(=O)(=O)N(C)C[C@H]2OCCCC[C@H](C)Oc3ccc(NC(=O)C4CCCCC4)cc3C(=O)N([C@@H](C)CO)C[C@H]2C)cc1. The zero-order chi connectivity index (χ0) is 34.8. The van der Waals surface area contributed by atoms with Crippen molar-refractivity contribution in [3.8, 4) is 11.5 Å². The number of methoxy groups -OCH3 is 1. The van der Waals surface area contributed by atoms with Crippen LogP contribution in [0.1, 0.15) is 82.5 Å². The van der Waals surface area contributed by atoms with E-state index in [1.54, 1.807) is 42.2 Å². The third-order valence-corrected chi connectivity index (χ3v) is 11.3. The maximum Gasteiger partial charge on any atom is 0.258 e. The number of nitrogens with one attached hydrogen (secondary N) is 1. The summed E-state index contributed by atoms with van der Waals surface area (Å²) >= 11 is 0. The molecule has 0 saturated heterocycles. The molecule has 0 unspecified atom stereocenters. The summed E-state index contributed by atoms with van der Waals surface area (Å²) in [5.41, 5.74) is 0.816. The van der Waals surface area contributed by atoms with Gasteiger partial charge in [-0.3, -0.25) is 9.59 Å². The molecule has 1 aliphatic heterocycles. The first-order chi connectivity index (χ1) is 22.9. The van der Waals surface area contributed by atoms with Crippen LogP contribution in [-0.4, -0.2) is 93.3 Å². The number of hydrogen-bond acceptors (Lipinski definition) is 8. The maximum atomic E-state index is 14.4. The highest BCUT2D eigenvalue weighted by Gasteiger charge is 2.33. The van der Waals surface area contributed by atoms with E-state index in [-0.39, 0.29) is 54.3 Å². The van der Waals surface area contributed by atoms with Crippen LogP contribution in [0.25, 0.3) is 0 Å². The van der Waals surface area contributed by atoms with Crippen LogP contribution >= 0.6 is 0 Å². The van der Waals surface area contributed by atoms with Crippen molar-refractivity contribution in [2.45, 2.75) is 95.3 Å². The first-order valence-electron chi connectivity index (χ1n) is 17.2. The molecule has 48 heavy (non-hydrogen) atoms. The molecule has 1 fully saturated rings. The van der Waals surface area contributed by atoms with Gasteiger partial charge in [-0.1, -0.05) is 26.2 Å². The van der Waals surface area contributed by atoms with Gasteiger partial charge in [-0.25, -0.2) is 8.42 Å². The molecular formula is C36H53N3O8S. The Morgan fingerprint density at radius 3 is 2.42 bits per heavy atom. The third-order valence-electron chi connectivity index (χ3n) is 9.50. The number of aliphatic hydroxyl groups excluding tert-OH is 1. The smallest absolute Gasteiger partial charge is 0.258 e. The number of nitrogens with zero attached hydrogens (tertiary/aromatic N) is 2. The Balaban J connectivity index is 1.62. The monoisotopic (exact) mass is 687 g/mol. The molecule has 0 radical (unpaired) electrons. The minimum Gasteiger partial charge on any atom is -0.497 e. The molecule has 1 aliphatic carbocycles. The van der Waals surface area contributed by atoms with Crippen LogP contribution in [0.3, 0.4) is 0 Å². The standard InChI is InChI=1S/C36H53N3O8S/c1-25-22-39(26(2)24-40)36(42)32-21-29(37-35(41)28-12-7-6-8-13-28)14-19-33(32)47-27(3)11-9-10-20-46-34(25)23-38(4)48(43,44)31-17-15-30(45-5)16-18-31/h14-19,21,25-28,34,40H,6-13,20,22-24H2,1-5H3,(H,37,41)/t25-,26+,27+,34-/m1/s1. The van der Waals surface area contributed by atoms with E-state index in [4.69, 9.17) is 14.2 Å². The number of ether oxygens (including phenoxy) is 3. The van der Waals surface area contributed by atoms with Crippen LogP contribution < -0.4 is 14.8 Å². The summed E-state index contributed by atoms with van der Waals surface area (Å²) in [6.45, 7) is 6.05. The lowest BCUT2D eigenvalue weighted by molar-refractivity contribution is -0.120. The summed E-state index contributed by atoms with van der Waals surface area (Å²) in [5, 5.41) is 13.3. The van der Waals surface area contributed by atoms with E-state index in [2.05, 4.69) is 5.32 Å². The highest BCUT2D eigenvalue weighted by molar-refractivity contribution is 7.89. The molecule has 4 atom stereocenters. The van der Waals surface area contributed by atoms with E-state index >= 15 is 0 Å². The molecule has 0 spiro atoms. The van der Waals surface area contributed by atoms with Gasteiger partial charge in [-0.05, 0) is 88.4 Å². The van der Waals surface area contributed by atoms with Gasteiger partial charge < -0.3 is 29.5 Å². The fourth-order valence-corrected chi connectivity index (χ4v) is 7.53. The van der Waals surface area contributed by atoms with Crippen molar-refractivity contribution in [3.63, 3.8) is 0 Å². The quantitative estimate of drug-likeness (QED) is 0.362. The number of hydrogen-bond donors (Lipinski definition) is 2. The lowest BCUT2D eigenvalue weighted by Crippen LogP contribution is -2.48. The third kappa shape index (κ3) is 9.71. The van der Waals surface area contributed by atoms with E-state index in [0.29, 0.717) is 29.4 Å². The van der Waals surface area contributed by atoms with Crippen molar-refractivity contribution in [3.05, 3.63) is 48.0 Å². The molecule has 11 nitrogen and oxygen atoms in total. The van der Waals surface area contributed by atoms with Gasteiger partial charge in [0.1, 0.15) is 11.5 Å². The fourth-order valence-electron chi connectivity index (χ4n) is 6.35. The molecule has 2 N–H and O–H groups in total. The van der Waals surface area contributed by atoms with E-state index in [0.717, 1.165) is 51.4 Å². The number of anilines is 1. The molecule has 4 rings (SSSR count). The Hall–Kier alpha value is -3.19. The number of sulfonamides is 1. The van der Waals surface area contributed by atoms with Crippen molar-refractivity contribution < 1.29 is 37.3 Å². The van der Waals surface area contributed by atoms with Crippen LogP contribution in [0.2, 0.25) is 0 Å². The van der Waals surface area contributed by atoms with Crippen molar-refractivity contribution in [2.75, 3.05) is 45.8 Å². The fraction of sp³-hybridized carbons (Fsp3) is 0.611. The van der Waals surface area contributed by atoms with Crippen LogP contribution in [0.5, 0.6) is 11.5 Å². The van der Waals surface area contributed by atoms with Gasteiger partial charge in [-0.15, -0.1) is 0 Å². The second kappa shape index (κ2) is 17.5. The summed E-state index contributed by atoms with van der Waals surface area (Å²) < 4.78 is 46.1. The Labute approximate surface area is 286 Å². The Bertz CT molecular complexity index is 1460. The summed E-state index contributed by atoms with van der Waals surface area (Å²) in [7, 11) is -0.788. The van der Waals surface area contributed by atoms with Crippen LogP contribution in [0.4, 0.5) is 5.69 Å². The molecule has 2 amide bonds. The molecule has 1 heterocycles. The molecule has 2 aliphatic rings. The second-order valence-corrected chi connectivity index (χ2v) is 15.3. The lowest BCUT2D eigenvalue weighted by Gasteiger charge is -2.35. The number of benzene rings is 2. The summed E-state index contributed by atoms with van der Waals surface area (Å²) in [4.78, 5) is 29.2. The molecule has 1 saturated carbocycles. The van der Waals surface area contributed by atoms with Gasteiger partial charge in [0.15, 0.2) is 0 Å². The van der Waals surface area contributed by atoms with E-state index < -0.39 is 22.2 Å². The number of carbonyl (C=O) groups is 2. The summed E-state index contributed by atoms with van der Waals surface area (Å²) in [6.07, 6.45) is 6.48. The Morgan fingerprint density at radius 1 is 1.06 bits per heavy atom. The van der Waals surface area contributed by atoms with Gasteiger partial charge >= 0.3 is 0 Å². The first-order valence-corrected chi connectivity index (χ1v) is 18.6. The Kier molecular flexibility index (Phi) is 13.7. The lowest BCUT2D eigenvalue weighted by atomic mass is 9.88. The Morgan fingerprint density at radius 2 is 1.75 bits per heavy atom. The van der Waals surface area contributed by atoms with E-state index in [9.17, 15) is 23.1 Å². The predicted molar refractivity (Wildman–Crippen MR) is 185 cm³/mol. The topological polar surface area (TPSA) is 135 Å². The predicted octanol–water partition coefficient (Wildman–Crippen LogP) is 5.33. The average Bonchev–Trinajstić information content (AvgIpc) is 3.09. The van der Waals surface area contributed by atoms with Gasteiger partial charge in [0.25, 0.3) is 5.91 Å². The van der Waals surface area contributed by atoms with Gasteiger partial charge in [0.05, 0.1) is 42.4 Å². The zero-order valence-corrected chi connectivity index (χ0v) is 29.8. The number of fused-ring (bicyclic) bond motifs is 1. The summed E-state index contributed by atoms with van der Waals surface area (Å²) in [6, 6.07) is 10.9. The zero-order valence-electron chi connectivity index (χ0n) is 29.0. The largest absolute Gasteiger partial charge is 0.497 e. The van der Waals surface area contributed by atoms with Crippen LogP contribution in [0, 0.1) is 11.8 Å². The molecule has 2 aromatic rings. The van der Waals surface area contributed by atoms with Crippen molar-refractivity contribution in [2.24, 2.45) is 11.8 Å². The number of likely N-dealkylation sites (N-methyl/N-ethyl adjacent to an activating group) is 1. The second-order valence-electron chi connectivity index (χ2n) is 13.3. The van der Waals surface area contributed by atoms with Gasteiger partial charge in [0, 0.05) is 44.3 Å². The van der Waals surface area contributed by atoms with Gasteiger partial charge in [-0.2, -0.15) is 4.31 Å². The molecule has 0 aromatic heterocycles. The first kappa shape index (κ1) is 37.6. The normalized spacial score (nSPS) is 22.7. The van der Waals surface area contributed by atoms with E-state index in [1.807, 2.05) is 13.8 Å². The van der Waals surface area contributed by atoms with Crippen molar-refractivity contribution >= 4 is 27.5 Å². The van der Waals surface area contributed by atoms with Crippen molar-refractivity contribution in [1.29, 1.82) is 0 Å². The summed E-state index contributed by atoms with van der Waals surface area (Å²) in [5.74, 6) is 0.227. The molecular weight excluding hydrogens is 634 g/mol. The highest BCUT2D eigenvalue weighted by atomic mass is 32.2. The molecule has 0 bridgehead atoms. The minimum atomic E-state index is -3.84. The number of amides is 2.